The Balaban J connectivity index is 1.75. The van der Waals surface area contributed by atoms with Gasteiger partial charge in [-0.2, -0.15) is 0 Å². The fourth-order valence-corrected chi connectivity index (χ4v) is 4.56. The van der Waals surface area contributed by atoms with E-state index in [-0.39, 0.29) is 17.7 Å². The highest BCUT2D eigenvalue weighted by Crippen LogP contribution is 2.35. The summed E-state index contributed by atoms with van der Waals surface area (Å²) in [5.41, 5.74) is 1.14. The average molecular weight is 344 g/mol. The molecule has 0 amide bonds. The lowest BCUT2D eigenvalue weighted by Gasteiger charge is -2.17. The third kappa shape index (κ3) is 2.45. The number of aryl methyl sites for hydroxylation is 1. The molecule has 0 bridgehead atoms. The van der Waals surface area contributed by atoms with Gasteiger partial charge >= 0.3 is 5.97 Å². The molecule has 6 nitrogen and oxygen atoms in total. The number of nitrogens with zero attached hydrogens (tertiary/aromatic N) is 2. The van der Waals surface area contributed by atoms with Crippen LogP contribution < -0.4 is 5.56 Å². The summed E-state index contributed by atoms with van der Waals surface area (Å²) in [6.45, 7) is 2.41. The van der Waals surface area contributed by atoms with Crippen molar-refractivity contribution in [1.82, 2.24) is 9.55 Å². The predicted octanol–water partition coefficient (Wildman–Crippen LogP) is 2.92. The van der Waals surface area contributed by atoms with Crippen molar-refractivity contribution in [2.45, 2.75) is 32.7 Å². The van der Waals surface area contributed by atoms with E-state index in [1.165, 1.54) is 28.1 Å². The van der Waals surface area contributed by atoms with Crippen LogP contribution in [0.3, 0.4) is 0 Å². The van der Waals surface area contributed by atoms with E-state index in [0.29, 0.717) is 11.7 Å². The van der Waals surface area contributed by atoms with Crippen LogP contribution in [-0.2, 0) is 19.4 Å². The molecule has 1 aliphatic rings. The van der Waals surface area contributed by atoms with Crippen molar-refractivity contribution >= 4 is 27.5 Å². The lowest BCUT2D eigenvalue weighted by molar-refractivity contribution is 0.0696. The molecule has 1 unspecified atom stereocenters. The molecular formula is C17H16N2O4S. The molecule has 1 aliphatic carbocycles. The first-order chi connectivity index (χ1) is 11.5. The fourth-order valence-electron chi connectivity index (χ4n) is 3.22. The molecule has 7 heteroatoms. The van der Waals surface area contributed by atoms with E-state index < -0.39 is 5.97 Å². The second-order valence-electron chi connectivity index (χ2n) is 6.32. The van der Waals surface area contributed by atoms with Gasteiger partial charge in [-0.05, 0) is 36.8 Å². The van der Waals surface area contributed by atoms with Crippen molar-refractivity contribution in [3.8, 4) is 0 Å². The molecule has 0 saturated carbocycles. The molecular weight excluding hydrogens is 328 g/mol. The number of carbonyl (C=O) groups is 1. The Hall–Kier alpha value is -2.41. The smallest absolute Gasteiger partial charge is 0.338 e. The maximum atomic E-state index is 12.9. The first-order valence-corrected chi connectivity index (χ1v) is 8.65. The molecule has 0 aromatic carbocycles. The SMILES string of the molecule is CC1CCc2c(sc3ncn(Cc4cc(C(=O)O)co4)c(=O)c23)C1. The molecule has 3 aromatic heterocycles. The van der Waals surface area contributed by atoms with Crippen LogP contribution >= 0.6 is 11.3 Å². The summed E-state index contributed by atoms with van der Waals surface area (Å²) in [6.07, 6.45) is 5.71. The molecule has 3 aromatic rings. The van der Waals surface area contributed by atoms with Gasteiger partial charge in [0, 0.05) is 4.88 Å². The standard InChI is InChI=1S/C17H16N2O4S/c1-9-2-3-12-13(4-9)24-15-14(12)16(20)19(8-18-15)6-11-5-10(7-23-11)17(21)22/h5,7-9H,2-4,6H2,1H3,(H,21,22). The van der Waals surface area contributed by atoms with E-state index in [4.69, 9.17) is 9.52 Å². The Morgan fingerprint density at radius 3 is 3.12 bits per heavy atom. The van der Waals surface area contributed by atoms with Gasteiger partial charge in [0.1, 0.15) is 16.9 Å². The first kappa shape index (κ1) is 15.1. The minimum atomic E-state index is -1.05. The van der Waals surface area contributed by atoms with E-state index in [0.717, 1.165) is 35.0 Å². The topological polar surface area (TPSA) is 85.3 Å². The van der Waals surface area contributed by atoms with Crippen LogP contribution in [0.25, 0.3) is 10.2 Å². The summed E-state index contributed by atoms with van der Waals surface area (Å²) >= 11 is 1.62. The molecule has 24 heavy (non-hydrogen) atoms. The van der Waals surface area contributed by atoms with Gasteiger partial charge in [0.25, 0.3) is 5.56 Å². The number of carboxylic acids is 1. The Bertz CT molecular complexity index is 998. The number of hydrogen-bond acceptors (Lipinski definition) is 5. The normalized spacial score (nSPS) is 17.1. The zero-order chi connectivity index (χ0) is 16.8. The van der Waals surface area contributed by atoms with Crippen molar-refractivity contribution in [2.24, 2.45) is 5.92 Å². The summed E-state index contributed by atoms with van der Waals surface area (Å²) in [4.78, 5) is 30.3. The van der Waals surface area contributed by atoms with Crippen LogP contribution in [0.4, 0.5) is 0 Å². The van der Waals surface area contributed by atoms with Gasteiger partial charge in [-0.15, -0.1) is 11.3 Å². The molecule has 3 heterocycles. The lowest BCUT2D eigenvalue weighted by atomic mass is 9.89. The number of rotatable bonds is 3. The van der Waals surface area contributed by atoms with Gasteiger partial charge < -0.3 is 9.52 Å². The van der Waals surface area contributed by atoms with Crippen LogP contribution in [0.2, 0.25) is 0 Å². The molecule has 1 N–H and O–H groups in total. The number of aromatic nitrogens is 2. The zero-order valence-corrected chi connectivity index (χ0v) is 13.9. The maximum absolute atomic E-state index is 12.9. The average Bonchev–Trinajstić information content (AvgIpc) is 3.14. The Labute approximate surface area is 141 Å². The van der Waals surface area contributed by atoms with Crippen molar-refractivity contribution in [3.63, 3.8) is 0 Å². The van der Waals surface area contributed by atoms with Gasteiger partial charge in [-0.1, -0.05) is 6.92 Å². The molecule has 1 atom stereocenters. The first-order valence-electron chi connectivity index (χ1n) is 7.83. The van der Waals surface area contributed by atoms with Crippen molar-refractivity contribution in [2.75, 3.05) is 0 Å². The number of hydrogen-bond donors (Lipinski definition) is 1. The summed E-state index contributed by atoms with van der Waals surface area (Å²) in [5.74, 6) is 0.0191. The van der Waals surface area contributed by atoms with Crippen LogP contribution in [0.1, 0.15) is 39.9 Å². The Morgan fingerprint density at radius 2 is 2.38 bits per heavy atom. The van der Waals surface area contributed by atoms with E-state index in [1.54, 1.807) is 11.3 Å². The van der Waals surface area contributed by atoms with Gasteiger partial charge in [0.2, 0.25) is 0 Å². The highest BCUT2D eigenvalue weighted by atomic mass is 32.1. The van der Waals surface area contributed by atoms with Crippen molar-refractivity contribution in [1.29, 1.82) is 0 Å². The van der Waals surface area contributed by atoms with E-state index in [9.17, 15) is 9.59 Å². The van der Waals surface area contributed by atoms with E-state index in [1.807, 2.05) is 0 Å². The van der Waals surface area contributed by atoms with Gasteiger partial charge in [0.15, 0.2) is 0 Å². The third-order valence-corrected chi connectivity index (χ3v) is 5.67. The van der Waals surface area contributed by atoms with Crippen molar-refractivity contribution in [3.05, 3.63) is 50.8 Å². The second kappa shape index (κ2) is 5.59. The monoisotopic (exact) mass is 344 g/mol. The summed E-state index contributed by atoms with van der Waals surface area (Å²) in [6, 6.07) is 1.43. The van der Waals surface area contributed by atoms with Crippen LogP contribution in [0.5, 0.6) is 0 Å². The van der Waals surface area contributed by atoms with Crippen LogP contribution in [-0.4, -0.2) is 20.6 Å². The van der Waals surface area contributed by atoms with E-state index >= 15 is 0 Å². The largest absolute Gasteiger partial charge is 0.478 e. The summed E-state index contributed by atoms with van der Waals surface area (Å²) in [7, 11) is 0. The molecule has 0 aliphatic heterocycles. The van der Waals surface area contributed by atoms with Crippen LogP contribution in [0.15, 0.2) is 27.9 Å². The summed E-state index contributed by atoms with van der Waals surface area (Å²) in [5, 5.41) is 9.66. The number of carboxylic acid groups (broad SMARTS) is 1. The molecule has 0 radical (unpaired) electrons. The molecule has 4 rings (SSSR count). The van der Waals surface area contributed by atoms with Gasteiger partial charge in [-0.25, -0.2) is 9.78 Å². The summed E-state index contributed by atoms with van der Waals surface area (Å²) < 4.78 is 6.72. The fraction of sp³-hybridized carbons (Fsp3) is 0.353. The van der Waals surface area contributed by atoms with Crippen LogP contribution in [0, 0.1) is 5.92 Å². The molecule has 124 valence electrons. The molecule has 0 fully saturated rings. The minimum Gasteiger partial charge on any atom is -0.478 e. The van der Waals surface area contributed by atoms with E-state index in [2.05, 4.69) is 11.9 Å². The maximum Gasteiger partial charge on any atom is 0.338 e. The number of aromatic carboxylic acids is 1. The zero-order valence-electron chi connectivity index (χ0n) is 13.1. The number of thiophene rings is 1. The highest BCUT2D eigenvalue weighted by Gasteiger charge is 2.23. The number of fused-ring (bicyclic) bond motifs is 3. The third-order valence-electron chi connectivity index (χ3n) is 4.51. The quantitative estimate of drug-likeness (QED) is 0.789. The van der Waals surface area contributed by atoms with Gasteiger partial charge in [0.05, 0.1) is 23.8 Å². The number of furan rings is 1. The van der Waals surface area contributed by atoms with Crippen molar-refractivity contribution < 1.29 is 14.3 Å². The predicted molar refractivity (Wildman–Crippen MR) is 89.8 cm³/mol. The Kier molecular flexibility index (Phi) is 3.53. The minimum absolute atomic E-state index is 0.0778. The lowest BCUT2D eigenvalue weighted by Crippen LogP contribution is -2.22. The molecule has 0 spiro atoms. The molecule has 0 saturated heterocycles. The van der Waals surface area contributed by atoms with Gasteiger partial charge in [-0.3, -0.25) is 9.36 Å². The highest BCUT2D eigenvalue weighted by molar-refractivity contribution is 7.18. The Morgan fingerprint density at radius 1 is 1.54 bits per heavy atom. The second-order valence-corrected chi connectivity index (χ2v) is 7.40.